The third-order valence-corrected chi connectivity index (χ3v) is 2.26. The smallest absolute Gasteiger partial charge is 0.246 e. The summed E-state index contributed by atoms with van der Waals surface area (Å²) in [6.07, 6.45) is 0. The molecule has 0 aliphatic rings. The monoisotopic (exact) mass is 408 g/mol. The lowest BCUT2D eigenvalue weighted by molar-refractivity contribution is -0.114. The third kappa shape index (κ3) is 8.49. The Labute approximate surface area is 141 Å². The Bertz CT molecular complexity index is 480. The third-order valence-electron chi connectivity index (χ3n) is 2.26. The molecule has 0 spiro atoms. The van der Waals surface area contributed by atoms with Crippen LogP contribution in [0.3, 0.4) is 0 Å². The molecule has 3 N–H and O–H groups in total. The first-order valence-corrected chi connectivity index (χ1v) is 6.61. The molecule has 5 nitrogen and oxygen atoms in total. The summed E-state index contributed by atoms with van der Waals surface area (Å²) in [7, 11) is 0. The van der Waals surface area contributed by atoms with E-state index in [-0.39, 0.29) is 48.3 Å². The summed E-state index contributed by atoms with van der Waals surface area (Å²) in [5.74, 6) is -0.102. The normalized spacial score (nSPS) is 10.8. The molecule has 0 saturated heterocycles. The number of carbonyl (C=O) groups excluding carboxylic acids is 1. The molecule has 1 aromatic rings. The molecule has 0 heterocycles. The fourth-order valence-electron chi connectivity index (χ4n) is 1.51. The van der Waals surface area contributed by atoms with Crippen molar-refractivity contribution in [1.29, 1.82) is 0 Å². The largest absolute Gasteiger partial charge is 0.357 e. The van der Waals surface area contributed by atoms with Crippen molar-refractivity contribution in [2.24, 2.45) is 4.99 Å². The predicted molar refractivity (Wildman–Crippen MR) is 94.7 cm³/mol. The molecule has 21 heavy (non-hydrogen) atoms. The van der Waals surface area contributed by atoms with Crippen LogP contribution in [-0.2, 0) is 4.79 Å². The summed E-state index contributed by atoms with van der Waals surface area (Å²) in [4.78, 5) is 15.9. The van der Waals surface area contributed by atoms with Crippen LogP contribution >= 0.6 is 24.0 Å². The highest BCUT2D eigenvalue weighted by Gasteiger charge is 2.04. The van der Waals surface area contributed by atoms with E-state index in [4.69, 9.17) is 0 Å². The average molecular weight is 408 g/mol. The first-order chi connectivity index (χ1) is 9.51. The van der Waals surface area contributed by atoms with Crippen LogP contribution in [0.15, 0.2) is 29.3 Å². The minimum Gasteiger partial charge on any atom is -0.357 e. The van der Waals surface area contributed by atoms with Crippen molar-refractivity contribution in [2.75, 3.05) is 18.4 Å². The number of amides is 1. The number of halogens is 2. The fraction of sp³-hybridized carbons (Fsp3) is 0.429. The van der Waals surface area contributed by atoms with E-state index in [9.17, 15) is 9.18 Å². The zero-order valence-corrected chi connectivity index (χ0v) is 14.8. The summed E-state index contributed by atoms with van der Waals surface area (Å²) < 4.78 is 13.0. The second kappa shape index (κ2) is 10.4. The van der Waals surface area contributed by atoms with Crippen LogP contribution in [0, 0.1) is 5.82 Å². The van der Waals surface area contributed by atoms with Gasteiger partial charge in [-0.15, -0.1) is 24.0 Å². The molecule has 1 amide bonds. The molecule has 1 rings (SSSR count). The van der Waals surface area contributed by atoms with E-state index < -0.39 is 0 Å². The van der Waals surface area contributed by atoms with E-state index in [1.165, 1.54) is 12.1 Å². The van der Waals surface area contributed by atoms with E-state index in [0.29, 0.717) is 18.2 Å². The van der Waals surface area contributed by atoms with Gasteiger partial charge in [-0.25, -0.2) is 9.38 Å². The summed E-state index contributed by atoms with van der Waals surface area (Å²) in [5.41, 5.74) is 0.423. The van der Waals surface area contributed by atoms with Gasteiger partial charge in [0, 0.05) is 18.3 Å². The SMILES string of the molecule is CCNC(=NCC(=O)Nc1cccc(F)c1)NC(C)C.I. The van der Waals surface area contributed by atoms with Crippen LogP contribution < -0.4 is 16.0 Å². The number of carbonyl (C=O) groups is 1. The van der Waals surface area contributed by atoms with Crippen LogP contribution in [0.4, 0.5) is 10.1 Å². The fourth-order valence-corrected chi connectivity index (χ4v) is 1.51. The van der Waals surface area contributed by atoms with Crippen LogP contribution in [-0.4, -0.2) is 31.0 Å². The number of hydrogen-bond donors (Lipinski definition) is 3. The van der Waals surface area contributed by atoms with E-state index >= 15 is 0 Å². The van der Waals surface area contributed by atoms with Crippen molar-refractivity contribution in [3.8, 4) is 0 Å². The van der Waals surface area contributed by atoms with Crippen LogP contribution in [0.1, 0.15) is 20.8 Å². The van der Waals surface area contributed by atoms with Gasteiger partial charge in [-0.2, -0.15) is 0 Å². The van der Waals surface area contributed by atoms with E-state index in [1.807, 2.05) is 20.8 Å². The van der Waals surface area contributed by atoms with Gasteiger partial charge in [0.2, 0.25) is 5.91 Å². The molecular weight excluding hydrogens is 386 g/mol. The number of rotatable bonds is 5. The predicted octanol–water partition coefficient (Wildman–Crippen LogP) is 2.35. The highest BCUT2D eigenvalue weighted by Crippen LogP contribution is 2.08. The highest BCUT2D eigenvalue weighted by atomic mass is 127. The second-order valence-electron chi connectivity index (χ2n) is 4.55. The quantitative estimate of drug-likeness (QED) is 0.398. The number of anilines is 1. The van der Waals surface area contributed by atoms with Crippen molar-refractivity contribution >= 4 is 41.5 Å². The molecule has 0 saturated carbocycles. The van der Waals surface area contributed by atoms with Crippen LogP contribution in [0.5, 0.6) is 0 Å². The van der Waals surface area contributed by atoms with Gasteiger partial charge in [0.1, 0.15) is 12.4 Å². The standard InChI is InChI=1S/C14H21FN4O.HI/c1-4-16-14(18-10(2)3)17-9-13(20)19-12-7-5-6-11(15)8-12;/h5-8,10H,4,9H2,1-3H3,(H,19,20)(H2,16,17,18);1H. The molecule has 0 bridgehead atoms. The van der Waals surface area contributed by atoms with Crippen molar-refractivity contribution in [2.45, 2.75) is 26.8 Å². The minimum absolute atomic E-state index is 0. The van der Waals surface area contributed by atoms with Gasteiger partial charge < -0.3 is 16.0 Å². The maximum atomic E-state index is 13.0. The molecule has 0 atom stereocenters. The lowest BCUT2D eigenvalue weighted by Gasteiger charge is -2.13. The molecule has 0 radical (unpaired) electrons. The van der Waals surface area contributed by atoms with Crippen molar-refractivity contribution in [1.82, 2.24) is 10.6 Å². The summed E-state index contributed by atoms with van der Waals surface area (Å²) in [6, 6.07) is 5.98. The molecule has 0 aliphatic carbocycles. The highest BCUT2D eigenvalue weighted by molar-refractivity contribution is 14.0. The summed E-state index contributed by atoms with van der Waals surface area (Å²) >= 11 is 0. The molecular formula is C14H22FIN4O. The zero-order valence-electron chi connectivity index (χ0n) is 12.4. The molecule has 0 fully saturated rings. The number of benzene rings is 1. The van der Waals surface area contributed by atoms with Gasteiger partial charge >= 0.3 is 0 Å². The first-order valence-electron chi connectivity index (χ1n) is 6.61. The van der Waals surface area contributed by atoms with Crippen molar-refractivity contribution < 1.29 is 9.18 Å². The van der Waals surface area contributed by atoms with Crippen LogP contribution in [0.2, 0.25) is 0 Å². The first kappa shape index (κ1) is 19.6. The van der Waals surface area contributed by atoms with Gasteiger partial charge in [-0.05, 0) is 39.0 Å². The Morgan fingerprint density at radius 3 is 2.67 bits per heavy atom. The van der Waals surface area contributed by atoms with E-state index in [0.717, 1.165) is 0 Å². The van der Waals surface area contributed by atoms with E-state index in [1.54, 1.807) is 12.1 Å². The lowest BCUT2D eigenvalue weighted by atomic mass is 10.3. The summed E-state index contributed by atoms with van der Waals surface area (Å²) in [5, 5.41) is 8.74. The van der Waals surface area contributed by atoms with Gasteiger partial charge in [0.15, 0.2) is 5.96 Å². The van der Waals surface area contributed by atoms with Gasteiger partial charge in [-0.1, -0.05) is 6.07 Å². The van der Waals surface area contributed by atoms with Gasteiger partial charge in [0.25, 0.3) is 0 Å². The lowest BCUT2D eigenvalue weighted by Crippen LogP contribution is -2.41. The number of hydrogen-bond acceptors (Lipinski definition) is 2. The Hall–Kier alpha value is -1.38. The number of aliphatic imine (C=N–C) groups is 1. The minimum atomic E-state index is -0.388. The van der Waals surface area contributed by atoms with Crippen molar-refractivity contribution in [3.05, 3.63) is 30.1 Å². The Balaban J connectivity index is 0.00000400. The topological polar surface area (TPSA) is 65.5 Å². The maximum Gasteiger partial charge on any atom is 0.246 e. The Morgan fingerprint density at radius 2 is 2.10 bits per heavy atom. The number of nitrogens with one attached hydrogen (secondary N) is 3. The second-order valence-corrected chi connectivity index (χ2v) is 4.55. The molecule has 0 aliphatic heterocycles. The molecule has 0 unspecified atom stereocenters. The van der Waals surface area contributed by atoms with E-state index in [2.05, 4.69) is 20.9 Å². The summed E-state index contributed by atoms with van der Waals surface area (Å²) in [6.45, 7) is 6.60. The van der Waals surface area contributed by atoms with Gasteiger partial charge in [0.05, 0.1) is 0 Å². The average Bonchev–Trinajstić information content (AvgIpc) is 2.35. The number of guanidine groups is 1. The van der Waals surface area contributed by atoms with Crippen LogP contribution in [0.25, 0.3) is 0 Å². The molecule has 118 valence electrons. The molecule has 0 aromatic heterocycles. The zero-order chi connectivity index (χ0) is 15.0. The van der Waals surface area contributed by atoms with Gasteiger partial charge in [-0.3, -0.25) is 4.79 Å². The molecule has 7 heteroatoms. The number of nitrogens with zero attached hydrogens (tertiary/aromatic N) is 1. The van der Waals surface area contributed by atoms with Crippen molar-refractivity contribution in [3.63, 3.8) is 0 Å². The Kier molecular flexibility index (Phi) is 9.68. The Morgan fingerprint density at radius 1 is 1.38 bits per heavy atom. The maximum absolute atomic E-state index is 13.0. The molecule has 1 aromatic carbocycles.